The van der Waals surface area contributed by atoms with Gasteiger partial charge < -0.3 is 10.1 Å². The molecule has 3 aromatic carbocycles. The number of rotatable bonds is 8. The third-order valence-electron chi connectivity index (χ3n) is 4.28. The lowest BCUT2D eigenvalue weighted by molar-refractivity contribution is 0.0947. The van der Waals surface area contributed by atoms with Gasteiger partial charge in [-0.15, -0.1) is 0 Å². The largest absolute Gasteiger partial charge is 0.490 e. The average Bonchev–Trinajstić information content (AvgIpc) is 2.72. The number of para-hydroxylation sites is 1. The Labute approximate surface area is 191 Å². The molecule has 0 fully saturated rings. The molecule has 0 heterocycles. The van der Waals surface area contributed by atoms with Crippen molar-refractivity contribution in [2.75, 3.05) is 17.9 Å². The Hall–Kier alpha value is -2.74. The number of hydrogen-bond donors (Lipinski definition) is 2. The summed E-state index contributed by atoms with van der Waals surface area (Å²) >= 11 is 12.2. The number of aryl methyl sites for hydroxylation is 1. The third-order valence-corrected chi connectivity index (χ3v) is 6.30. The van der Waals surface area contributed by atoms with E-state index in [0.29, 0.717) is 10.8 Å². The summed E-state index contributed by atoms with van der Waals surface area (Å²) < 4.78 is 33.0. The van der Waals surface area contributed by atoms with Crippen molar-refractivity contribution in [3.05, 3.63) is 87.9 Å². The maximum Gasteiger partial charge on any atom is 0.261 e. The number of benzene rings is 3. The number of anilines is 1. The van der Waals surface area contributed by atoms with Gasteiger partial charge in [0.15, 0.2) is 0 Å². The van der Waals surface area contributed by atoms with Crippen molar-refractivity contribution in [1.82, 2.24) is 5.32 Å². The molecule has 6 nitrogen and oxygen atoms in total. The van der Waals surface area contributed by atoms with Crippen LogP contribution in [0.1, 0.15) is 15.9 Å². The number of ether oxygens (including phenoxy) is 1. The van der Waals surface area contributed by atoms with Crippen molar-refractivity contribution >= 4 is 44.8 Å². The number of carbonyl (C=O) groups is 1. The summed E-state index contributed by atoms with van der Waals surface area (Å²) in [5, 5.41) is 3.30. The Balaban J connectivity index is 1.59. The molecular weight excluding hydrogens is 459 g/mol. The highest BCUT2D eigenvalue weighted by atomic mass is 35.5. The fraction of sp³-hybridized carbons (Fsp3) is 0.136. The summed E-state index contributed by atoms with van der Waals surface area (Å²) in [6.07, 6.45) is 0. The molecule has 31 heavy (non-hydrogen) atoms. The van der Waals surface area contributed by atoms with E-state index in [1.54, 1.807) is 36.4 Å². The van der Waals surface area contributed by atoms with E-state index in [1.807, 2.05) is 6.92 Å². The maximum atomic E-state index is 12.5. The van der Waals surface area contributed by atoms with E-state index < -0.39 is 15.9 Å². The first kappa shape index (κ1) is 22.9. The van der Waals surface area contributed by atoms with E-state index in [0.717, 1.165) is 5.56 Å². The summed E-state index contributed by atoms with van der Waals surface area (Å²) in [6, 6.07) is 17.8. The molecule has 3 aromatic rings. The summed E-state index contributed by atoms with van der Waals surface area (Å²) in [5.74, 6) is 0.127. The maximum absolute atomic E-state index is 12.5. The second kappa shape index (κ2) is 10.0. The van der Waals surface area contributed by atoms with E-state index in [4.69, 9.17) is 27.9 Å². The molecule has 0 saturated heterocycles. The Kier molecular flexibility index (Phi) is 7.43. The van der Waals surface area contributed by atoms with Gasteiger partial charge in [-0.2, -0.15) is 0 Å². The molecule has 0 aromatic heterocycles. The Morgan fingerprint density at radius 1 is 0.968 bits per heavy atom. The van der Waals surface area contributed by atoms with Crippen molar-refractivity contribution in [1.29, 1.82) is 0 Å². The molecule has 0 unspecified atom stereocenters. The standard InChI is InChI=1S/C22H20Cl2N2O4S/c1-15-6-9-17(10-7-15)31(28,29)26-16-8-11-18(20(24)14-16)22(27)25-12-13-30-21-5-3-2-4-19(21)23/h2-11,14,26H,12-13H2,1H3,(H,25,27). The fourth-order valence-electron chi connectivity index (χ4n) is 2.68. The lowest BCUT2D eigenvalue weighted by Gasteiger charge is -2.12. The van der Waals surface area contributed by atoms with Crippen LogP contribution in [0, 0.1) is 6.92 Å². The number of halogens is 2. The highest BCUT2D eigenvalue weighted by molar-refractivity contribution is 7.92. The van der Waals surface area contributed by atoms with Crippen LogP contribution in [0.5, 0.6) is 5.75 Å². The van der Waals surface area contributed by atoms with Gasteiger partial charge >= 0.3 is 0 Å². The average molecular weight is 479 g/mol. The Morgan fingerprint density at radius 2 is 1.68 bits per heavy atom. The molecule has 2 N–H and O–H groups in total. The van der Waals surface area contributed by atoms with Gasteiger partial charge in [0.2, 0.25) is 0 Å². The SMILES string of the molecule is Cc1ccc(S(=O)(=O)Nc2ccc(C(=O)NCCOc3ccccc3Cl)c(Cl)c2)cc1. The van der Waals surface area contributed by atoms with E-state index >= 15 is 0 Å². The molecule has 9 heteroatoms. The fourth-order valence-corrected chi connectivity index (χ4v) is 4.18. The first-order valence-corrected chi connectivity index (χ1v) is 11.5. The van der Waals surface area contributed by atoms with E-state index in [-0.39, 0.29) is 34.3 Å². The molecule has 0 spiro atoms. The molecular formula is C22H20Cl2N2O4S. The molecule has 0 aliphatic heterocycles. The van der Waals surface area contributed by atoms with Crippen LogP contribution in [0.2, 0.25) is 10.0 Å². The number of carbonyl (C=O) groups excluding carboxylic acids is 1. The van der Waals surface area contributed by atoms with Gasteiger partial charge in [0, 0.05) is 0 Å². The molecule has 0 saturated carbocycles. The van der Waals surface area contributed by atoms with Crippen LogP contribution in [0.15, 0.2) is 71.6 Å². The lowest BCUT2D eigenvalue weighted by atomic mass is 10.2. The Morgan fingerprint density at radius 3 is 2.35 bits per heavy atom. The van der Waals surface area contributed by atoms with Crippen LogP contribution in [0.3, 0.4) is 0 Å². The molecule has 0 aliphatic rings. The van der Waals surface area contributed by atoms with Gasteiger partial charge in [-0.3, -0.25) is 9.52 Å². The molecule has 162 valence electrons. The second-order valence-corrected chi connectivity index (χ2v) is 9.14. The molecule has 0 radical (unpaired) electrons. The summed E-state index contributed by atoms with van der Waals surface area (Å²) in [4.78, 5) is 12.5. The molecule has 1 amide bonds. The minimum atomic E-state index is -3.76. The molecule has 0 atom stereocenters. The minimum absolute atomic E-state index is 0.119. The summed E-state index contributed by atoms with van der Waals surface area (Å²) in [7, 11) is -3.76. The smallest absolute Gasteiger partial charge is 0.261 e. The number of hydrogen-bond acceptors (Lipinski definition) is 4. The second-order valence-electron chi connectivity index (χ2n) is 6.65. The van der Waals surface area contributed by atoms with Crippen LogP contribution >= 0.6 is 23.2 Å². The first-order chi connectivity index (χ1) is 14.8. The van der Waals surface area contributed by atoms with Crippen molar-refractivity contribution in [2.45, 2.75) is 11.8 Å². The van der Waals surface area contributed by atoms with Crippen molar-refractivity contribution < 1.29 is 17.9 Å². The van der Waals surface area contributed by atoms with Crippen LogP contribution in [-0.4, -0.2) is 27.5 Å². The zero-order chi connectivity index (χ0) is 22.4. The summed E-state index contributed by atoms with van der Waals surface area (Å²) in [6.45, 7) is 2.33. The van der Waals surface area contributed by atoms with E-state index in [2.05, 4.69) is 10.0 Å². The van der Waals surface area contributed by atoms with Gasteiger partial charge in [0.25, 0.3) is 15.9 Å². The monoisotopic (exact) mass is 478 g/mol. The van der Waals surface area contributed by atoms with Crippen molar-refractivity contribution in [2.24, 2.45) is 0 Å². The van der Waals surface area contributed by atoms with E-state index in [9.17, 15) is 13.2 Å². The van der Waals surface area contributed by atoms with Crippen molar-refractivity contribution in [3.8, 4) is 5.75 Å². The predicted octanol–water partition coefficient (Wildman–Crippen LogP) is 4.91. The molecule has 3 rings (SSSR count). The highest BCUT2D eigenvalue weighted by Gasteiger charge is 2.16. The van der Waals surface area contributed by atoms with Crippen LogP contribution < -0.4 is 14.8 Å². The van der Waals surface area contributed by atoms with Gasteiger partial charge in [-0.05, 0) is 49.4 Å². The van der Waals surface area contributed by atoms with Crippen LogP contribution in [0.25, 0.3) is 0 Å². The van der Waals surface area contributed by atoms with Gasteiger partial charge in [0.1, 0.15) is 12.4 Å². The normalized spacial score (nSPS) is 11.1. The first-order valence-electron chi connectivity index (χ1n) is 9.31. The number of amides is 1. The highest BCUT2D eigenvalue weighted by Crippen LogP contribution is 2.24. The Bertz CT molecular complexity index is 1180. The van der Waals surface area contributed by atoms with Crippen LogP contribution in [0.4, 0.5) is 5.69 Å². The lowest BCUT2D eigenvalue weighted by Crippen LogP contribution is -2.28. The number of nitrogens with one attached hydrogen (secondary N) is 2. The quantitative estimate of drug-likeness (QED) is 0.450. The summed E-state index contributed by atoms with van der Waals surface area (Å²) in [5.41, 5.74) is 1.43. The minimum Gasteiger partial charge on any atom is -0.490 e. The van der Waals surface area contributed by atoms with Gasteiger partial charge in [0.05, 0.1) is 32.7 Å². The number of sulfonamides is 1. The van der Waals surface area contributed by atoms with Crippen LogP contribution in [-0.2, 0) is 10.0 Å². The molecule has 0 aliphatic carbocycles. The predicted molar refractivity (Wildman–Crippen MR) is 123 cm³/mol. The zero-order valence-corrected chi connectivity index (χ0v) is 18.9. The van der Waals surface area contributed by atoms with Crippen molar-refractivity contribution in [3.63, 3.8) is 0 Å². The van der Waals surface area contributed by atoms with Gasteiger partial charge in [-0.25, -0.2) is 8.42 Å². The third kappa shape index (κ3) is 6.13. The topological polar surface area (TPSA) is 84.5 Å². The molecule has 0 bridgehead atoms. The van der Waals surface area contributed by atoms with E-state index in [1.165, 1.54) is 30.3 Å². The van der Waals surface area contributed by atoms with Gasteiger partial charge in [-0.1, -0.05) is 53.0 Å². The zero-order valence-electron chi connectivity index (χ0n) is 16.6.